The van der Waals surface area contributed by atoms with E-state index < -0.39 is 18.0 Å². The van der Waals surface area contributed by atoms with Crippen LogP contribution in [-0.4, -0.2) is 50.6 Å². The Morgan fingerprint density at radius 3 is 2.39 bits per heavy atom. The zero-order chi connectivity index (χ0) is 24.5. The molecule has 8 rings (SSSR count). The van der Waals surface area contributed by atoms with Crippen molar-refractivity contribution in [2.75, 3.05) is 0 Å². The molecule has 8 nitrogen and oxygen atoms in total. The molecule has 2 aliphatic heterocycles. The van der Waals surface area contributed by atoms with Gasteiger partial charge in [-0.25, -0.2) is 0 Å². The van der Waals surface area contributed by atoms with Gasteiger partial charge in [-0.15, -0.1) is 0 Å². The van der Waals surface area contributed by atoms with Gasteiger partial charge < -0.3 is 24.1 Å². The smallest absolute Gasteiger partial charge is 0.259 e. The molecular weight excluding hydrogens is 458 g/mol. The Labute approximate surface area is 204 Å². The molecule has 3 aromatic carbocycles. The van der Waals surface area contributed by atoms with Crippen molar-refractivity contribution >= 4 is 55.4 Å². The van der Waals surface area contributed by atoms with Gasteiger partial charge in [0, 0.05) is 32.6 Å². The fourth-order valence-electron chi connectivity index (χ4n) is 6.80. The number of para-hydroxylation sites is 2. The van der Waals surface area contributed by atoms with E-state index in [-0.39, 0.29) is 24.0 Å². The van der Waals surface area contributed by atoms with E-state index in [1.165, 1.54) is 0 Å². The van der Waals surface area contributed by atoms with Gasteiger partial charge in [-0.2, -0.15) is 0 Å². The highest BCUT2D eigenvalue weighted by Gasteiger charge is 2.55. The number of imide groups is 1. The number of hydrogen-bond acceptors (Lipinski definition) is 5. The molecule has 2 aromatic heterocycles. The fourth-order valence-corrected chi connectivity index (χ4v) is 6.80. The van der Waals surface area contributed by atoms with E-state index in [1.54, 1.807) is 0 Å². The van der Waals surface area contributed by atoms with Crippen LogP contribution in [0.1, 0.15) is 47.0 Å². The van der Waals surface area contributed by atoms with Crippen LogP contribution in [0.3, 0.4) is 0 Å². The summed E-state index contributed by atoms with van der Waals surface area (Å²) in [6.45, 7) is 3.72. The molecule has 0 bridgehead atoms. The highest BCUT2D eigenvalue weighted by molar-refractivity contribution is 6.39. The third kappa shape index (κ3) is 2.39. The topological polar surface area (TPSA) is 106 Å². The quantitative estimate of drug-likeness (QED) is 0.312. The number of nitrogens with zero attached hydrogens (tertiary/aromatic N) is 1. The molecule has 3 aliphatic rings. The largest absolute Gasteiger partial charge is 0.390 e. The summed E-state index contributed by atoms with van der Waals surface area (Å²) in [7, 11) is 0. The molecule has 1 unspecified atom stereocenters. The first-order chi connectivity index (χ1) is 17.3. The molecule has 2 fully saturated rings. The molecule has 0 spiro atoms. The van der Waals surface area contributed by atoms with Crippen LogP contribution in [0.25, 0.3) is 43.6 Å². The van der Waals surface area contributed by atoms with Crippen molar-refractivity contribution in [2.24, 2.45) is 0 Å². The number of aliphatic hydroxyl groups is 1. The average Bonchev–Trinajstić information content (AvgIpc) is 3.60. The third-order valence-corrected chi connectivity index (χ3v) is 8.02. The summed E-state index contributed by atoms with van der Waals surface area (Å²) in [5.74, 6) is -1.58. The molecule has 2 amide bonds. The molecule has 36 heavy (non-hydrogen) atoms. The van der Waals surface area contributed by atoms with E-state index in [1.807, 2.05) is 62.4 Å². The zero-order valence-electron chi connectivity index (χ0n) is 19.7. The predicted octanol–water partition coefficient (Wildman–Crippen LogP) is 4.14. The van der Waals surface area contributed by atoms with E-state index in [2.05, 4.69) is 14.9 Å². The van der Waals surface area contributed by atoms with Crippen molar-refractivity contribution in [1.82, 2.24) is 14.9 Å². The van der Waals surface area contributed by atoms with Gasteiger partial charge in [0.25, 0.3) is 11.8 Å². The average molecular weight is 482 g/mol. The molecule has 5 aromatic rings. The highest BCUT2D eigenvalue weighted by Crippen LogP contribution is 2.50. The first-order valence-electron chi connectivity index (χ1n) is 12.2. The molecule has 0 radical (unpaired) electrons. The lowest BCUT2D eigenvalue weighted by Gasteiger charge is -2.25. The number of hydrogen-bond donors (Lipinski definition) is 3. The Kier molecular flexibility index (Phi) is 3.71. The fraction of sp³-hybridized carbons (Fsp3) is 0.286. The van der Waals surface area contributed by atoms with E-state index in [9.17, 15) is 14.7 Å². The number of carbonyl (C=O) groups is 2. The maximum Gasteiger partial charge on any atom is 0.259 e. The van der Waals surface area contributed by atoms with Crippen molar-refractivity contribution in [1.29, 1.82) is 0 Å². The first kappa shape index (κ1) is 20.5. The Morgan fingerprint density at radius 1 is 0.917 bits per heavy atom. The number of rotatable bonds is 1. The second kappa shape index (κ2) is 6.53. The number of aromatic amines is 1. The summed E-state index contributed by atoms with van der Waals surface area (Å²) in [5.41, 5.74) is 4.24. The number of fused-ring (bicyclic) bond motifs is 11. The minimum atomic E-state index is -0.808. The van der Waals surface area contributed by atoms with Crippen LogP contribution in [0, 0.1) is 0 Å². The number of aliphatic hydroxyl groups excluding tert-OH is 1. The van der Waals surface area contributed by atoms with E-state index in [0.717, 1.165) is 43.6 Å². The van der Waals surface area contributed by atoms with Gasteiger partial charge in [-0.05, 0) is 32.4 Å². The van der Waals surface area contributed by atoms with Crippen LogP contribution >= 0.6 is 0 Å². The van der Waals surface area contributed by atoms with Gasteiger partial charge in [-0.3, -0.25) is 14.9 Å². The van der Waals surface area contributed by atoms with E-state index in [0.29, 0.717) is 17.5 Å². The summed E-state index contributed by atoms with van der Waals surface area (Å²) in [6.07, 6.45) is -1.05. The van der Waals surface area contributed by atoms with Gasteiger partial charge in [0.05, 0.1) is 34.3 Å². The minimum Gasteiger partial charge on any atom is -0.390 e. The van der Waals surface area contributed by atoms with Gasteiger partial charge in [0.1, 0.15) is 12.2 Å². The van der Waals surface area contributed by atoms with E-state index in [4.69, 9.17) is 9.47 Å². The SMILES string of the molecule is CC1(C)O[C@@H]2[C@@H](O)CC(n3c4ccccc4c4c5c(c6c7ccccc7[nH]c6c43)C(=O)NC5=O)[C@@H]2O1. The molecule has 1 aliphatic carbocycles. The summed E-state index contributed by atoms with van der Waals surface area (Å²) < 4.78 is 14.6. The highest BCUT2D eigenvalue weighted by atomic mass is 16.8. The lowest BCUT2D eigenvalue weighted by atomic mass is 9.96. The first-order valence-corrected chi connectivity index (χ1v) is 12.2. The van der Waals surface area contributed by atoms with Gasteiger partial charge >= 0.3 is 0 Å². The van der Waals surface area contributed by atoms with Crippen molar-refractivity contribution in [3.05, 3.63) is 59.7 Å². The maximum atomic E-state index is 13.2. The molecule has 1 saturated carbocycles. The summed E-state index contributed by atoms with van der Waals surface area (Å²) in [4.78, 5) is 29.9. The molecule has 4 atom stereocenters. The van der Waals surface area contributed by atoms with Crippen molar-refractivity contribution in [2.45, 2.75) is 50.4 Å². The number of amides is 2. The molecule has 8 heteroatoms. The van der Waals surface area contributed by atoms with Crippen molar-refractivity contribution in [3.63, 3.8) is 0 Å². The van der Waals surface area contributed by atoms with Crippen LogP contribution in [0.15, 0.2) is 48.5 Å². The third-order valence-electron chi connectivity index (χ3n) is 8.02. The Balaban J connectivity index is 1.58. The number of ether oxygens (including phenoxy) is 2. The summed E-state index contributed by atoms with van der Waals surface area (Å²) in [6, 6.07) is 15.5. The van der Waals surface area contributed by atoms with Crippen molar-refractivity contribution in [3.8, 4) is 0 Å². The van der Waals surface area contributed by atoms with E-state index >= 15 is 0 Å². The minimum absolute atomic E-state index is 0.234. The lowest BCUT2D eigenvalue weighted by Crippen LogP contribution is -2.28. The van der Waals surface area contributed by atoms with Crippen LogP contribution in [0.2, 0.25) is 0 Å². The van der Waals surface area contributed by atoms with Crippen molar-refractivity contribution < 1.29 is 24.2 Å². The molecule has 1 saturated heterocycles. The predicted molar refractivity (Wildman–Crippen MR) is 134 cm³/mol. The number of nitrogens with one attached hydrogen (secondary N) is 2. The number of carbonyl (C=O) groups excluding carboxylic acids is 2. The second-order valence-corrected chi connectivity index (χ2v) is 10.5. The normalized spacial score (nSPS) is 27.0. The number of H-pyrrole nitrogens is 1. The van der Waals surface area contributed by atoms with Gasteiger partial charge in [-0.1, -0.05) is 36.4 Å². The summed E-state index contributed by atoms with van der Waals surface area (Å²) >= 11 is 0. The van der Waals surface area contributed by atoms with Crippen LogP contribution in [0.4, 0.5) is 0 Å². The maximum absolute atomic E-state index is 13.2. The zero-order valence-corrected chi connectivity index (χ0v) is 19.7. The van der Waals surface area contributed by atoms with Gasteiger partial charge in [0.15, 0.2) is 5.79 Å². The standard InChI is InChI=1S/C28H23N3O5/c1-28(2)35-24-16(11-17(32)25(24)36-28)31-15-10-6-4-8-13(15)19-21-20(26(33)30-27(21)34)18-12-7-3-5-9-14(12)29-22(18)23(19)31/h3-10,16-17,24-25,29,32H,11H2,1-2H3,(H,30,33,34)/t16?,17-,24-,25+/m0/s1. The molecule has 4 heterocycles. The van der Waals surface area contributed by atoms with Crippen LogP contribution < -0.4 is 5.32 Å². The molecular formula is C28H23N3O5. The monoisotopic (exact) mass is 481 g/mol. The number of benzene rings is 3. The van der Waals surface area contributed by atoms with Crippen LogP contribution in [-0.2, 0) is 9.47 Å². The summed E-state index contributed by atoms with van der Waals surface area (Å²) in [5, 5.41) is 16.7. The Bertz CT molecular complexity index is 1810. The van der Waals surface area contributed by atoms with Crippen LogP contribution in [0.5, 0.6) is 0 Å². The molecule has 3 N–H and O–H groups in total. The lowest BCUT2D eigenvalue weighted by molar-refractivity contribution is -0.165. The second-order valence-electron chi connectivity index (χ2n) is 10.5. The van der Waals surface area contributed by atoms with Gasteiger partial charge in [0.2, 0.25) is 0 Å². The number of aromatic nitrogens is 2. The Hall–Kier alpha value is -3.72. The Morgan fingerprint density at radius 2 is 1.58 bits per heavy atom. The molecule has 180 valence electrons.